The van der Waals surface area contributed by atoms with E-state index in [4.69, 9.17) is 0 Å². The summed E-state index contributed by atoms with van der Waals surface area (Å²) >= 11 is 0. The molecule has 0 radical (unpaired) electrons. The van der Waals surface area contributed by atoms with E-state index < -0.39 is 0 Å². The van der Waals surface area contributed by atoms with E-state index in [1.807, 2.05) is 28.6 Å². The molecule has 0 aromatic carbocycles. The van der Waals surface area contributed by atoms with Gasteiger partial charge in [0.15, 0.2) is 0 Å². The van der Waals surface area contributed by atoms with E-state index in [1.165, 1.54) is 56.5 Å². The fraction of sp³-hybridized carbons (Fsp3) is 0.857. The van der Waals surface area contributed by atoms with Crippen LogP contribution < -0.4 is 5.32 Å². The predicted molar refractivity (Wildman–Crippen MR) is 85.7 cm³/mol. The number of nitrogens with one attached hydrogen (secondary N) is 1. The maximum Gasteiger partial charge on any atom is 0.00913 e. The van der Waals surface area contributed by atoms with Gasteiger partial charge in [0, 0.05) is 24.3 Å². The zero-order chi connectivity index (χ0) is 12.8. The van der Waals surface area contributed by atoms with Gasteiger partial charge in [-0.3, -0.25) is 0 Å². The van der Waals surface area contributed by atoms with Gasteiger partial charge in [-0.05, 0) is 12.8 Å². The van der Waals surface area contributed by atoms with Crippen molar-refractivity contribution in [1.29, 1.82) is 0 Å². The van der Waals surface area contributed by atoms with Crippen molar-refractivity contribution in [3.05, 3.63) is 12.3 Å². The minimum atomic E-state index is 1.09. The van der Waals surface area contributed by atoms with Crippen LogP contribution in [0.4, 0.5) is 0 Å². The molecule has 0 unspecified atom stereocenters. The second-order valence-corrected chi connectivity index (χ2v) is 7.07. The highest BCUT2D eigenvalue weighted by Gasteiger charge is 1.94. The van der Waals surface area contributed by atoms with E-state index in [-0.39, 0.29) is 0 Å². The Balaban J connectivity index is 2.96. The van der Waals surface area contributed by atoms with Crippen LogP contribution in [-0.2, 0) is 0 Å². The van der Waals surface area contributed by atoms with Crippen molar-refractivity contribution >= 4 is 21.6 Å². The average molecular weight is 276 g/mol. The van der Waals surface area contributed by atoms with E-state index in [0.29, 0.717) is 0 Å². The van der Waals surface area contributed by atoms with Gasteiger partial charge in [-0.2, -0.15) is 0 Å². The first-order valence-electron chi connectivity index (χ1n) is 6.91. The zero-order valence-corrected chi connectivity index (χ0v) is 13.2. The van der Waals surface area contributed by atoms with Crippen LogP contribution in [-0.4, -0.2) is 18.6 Å². The summed E-state index contributed by atoms with van der Waals surface area (Å²) in [4.78, 5) is 0. The zero-order valence-electron chi connectivity index (χ0n) is 11.6. The maximum absolute atomic E-state index is 3.92. The topological polar surface area (TPSA) is 12.0 Å². The van der Waals surface area contributed by atoms with Gasteiger partial charge in [-0.1, -0.05) is 73.6 Å². The molecule has 1 N–H and O–H groups in total. The quantitative estimate of drug-likeness (QED) is 0.364. The first-order chi connectivity index (χ1) is 8.31. The van der Waals surface area contributed by atoms with Crippen LogP contribution in [0.25, 0.3) is 0 Å². The SMILES string of the molecule is C=C(CCSSCCCCCCCCC)NC. The highest BCUT2D eigenvalue weighted by atomic mass is 33.1. The van der Waals surface area contributed by atoms with Gasteiger partial charge in [0.25, 0.3) is 0 Å². The number of hydrogen-bond donors (Lipinski definition) is 1. The summed E-state index contributed by atoms with van der Waals surface area (Å²) < 4.78 is 0. The van der Waals surface area contributed by atoms with Crippen molar-refractivity contribution in [2.75, 3.05) is 18.6 Å². The first-order valence-corrected chi connectivity index (χ1v) is 9.40. The lowest BCUT2D eigenvalue weighted by atomic mass is 10.1. The molecule has 0 aliphatic rings. The Labute approximate surface area is 116 Å². The molecule has 0 saturated heterocycles. The summed E-state index contributed by atoms with van der Waals surface area (Å²) in [6, 6.07) is 0. The Morgan fingerprint density at radius 1 is 0.941 bits per heavy atom. The largest absolute Gasteiger partial charge is 0.392 e. The summed E-state index contributed by atoms with van der Waals surface area (Å²) in [6.45, 7) is 6.20. The smallest absolute Gasteiger partial charge is 0.00913 e. The lowest BCUT2D eigenvalue weighted by Crippen LogP contribution is -2.04. The normalized spacial score (nSPS) is 10.5. The molecule has 0 rings (SSSR count). The van der Waals surface area contributed by atoms with Crippen molar-refractivity contribution in [3.63, 3.8) is 0 Å². The van der Waals surface area contributed by atoms with Gasteiger partial charge in [-0.15, -0.1) is 0 Å². The Bertz CT molecular complexity index is 172. The first kappa shape index (κ1) is 17.2. The highest BCUT2D eigenvalue weighted by Crippen LogP contribution is 2.24. The molecule has 0 aromatic rings. The molecule has 0 aliphatic carbocycles. The van der Waals surface area contributed by atoms with Crippen molar-refractivity contribution in [2.45, 2.75) is 58.3 Å². The highest BCUT2D eigenvalue weighted by molar-refractivity contribution is 8.76. The molecule has 17 heavy (non-hydrogen) atoms. The molecule has 1 nitrogen and oxygen atoms in total. The molecular formula is C14H29NS2. The Hall–Kier alpha value is 0.240. The van der Waals surface area contributed by atoms with E-state index in [2.05, 4.69) is 18.8 Å². The Kier molecular flexibility index (Phi) is 14.5. The molecule has 0 aliphatic heterocycles. The van der Waals surface area contributed by atoms with Gasteiger partial charge in [0.2, 0.25) is 0 Å². The minimum absolute atomic E-state index is 1.09. The van der Waals surface area contributed by atoms with Gasteiger partial charge in [0.05, 0.1) is 0 Å². The van der Waals surface area contributed by atoms with Gasteiger partial charge < -0.3 is 5.32 Å². The molecular weight excluding hydrogens is 246 g/mol. The fourth-order valence-corrected chi connectivity index (χ4v) is 3.72. The molecule has 3 heteroatoms. The van der Waals surface area contributed by atoms with Crippen LogP contribution in [0, 0.1) is 0 Å². The Morgan fingerprint density at radius 3 is 2.18 bits per heavy atom. The van der Waals surface area contributed by atoms with Crippen LogP contribution in [0.3, 0.4) is 0 Å². The average Bonchev–Trinajstić information content (AvgIpc) is 2.35. The third-order valence-electron chi connectivity index (χ3n) is 2.76. The summed E-state index contributed by atoms with van der Waals surface area (Å²) in [5, 5.41) is 3.08. The van der Waals surface area contributed by atoms with E-state index in [9.17, 15) is 0 Å². The summed E-state index contributed by atoms with van der Waals surface area (Å²) in [5.41, 5.74) is 1.15. The van der Waals surface area contributed by atoms with Crippen molar-refractivity contribution in [2.24, 2.45) is 0 Å². The van der Waals surface area contributed by atoms with Gasteiger partial charge in [-0.25, -0.2) is 0 Å². The van der Waals surface area contributed by atoms with Gasteiger partial charge >= 0.3 is 0 Å². The van der Waals surface area contributed by atoms with Crippen LogP contribution in [0.1, 0.15) is 58.3 Å². The second-order valence-electron chi connectivity index (χ2n) is 4.37. The number of rotatable bonds is 13. The molecule has 0 bridgehead atoms. The van der Waals surface area contributed by atoms with Crippen LogP contribution >= 0.6 is 21.6 Å². The summed E-state index contributed by atoms with van der Waals surface area (Å²) in [5.74, 6) is 2.49. The fourth-order valence-electron chi connectivity index (χ4n) is 1.53. The molecule has 0 saturated carbocycles. The molecule has 0 fully saturated rings. The molecule has 0 atom stereocenters. The third-order valence-corrected chi connectivity index (χ3v) is 5.25. The van der Waals surface area contributed by atoms with E-state index >= 15 is 0 Å². The monoisotopic (exact) mass is 275 g/mol. The lowest BCUT2D eigenvalue weighted by Gasteiger charge is -2.04. The lowest BCUT2D eigenvalue weighted by molar-refractivity contribution is 0.604. The van der Waals surface area contributed by atoms with Crippen LogP contribution in [0.15, 0.2) is 12.3 Å². The molecule has 102 valence electrons. The standard InChI is InChI=1S/C14H29NS2/c1-4-5-6-7-8-9-10-12-16-17-13-11-14(2)15-3/h15H,2,4-13H2,1,3H3. The maximum atomic E-state index is 3.92. The van der Waals surface area contributed by atoms with Crippen molar-refractivity contribution < 1.29 is 0 Å². The van der Waals surface area contributed by atoms with E-state index in [0.717, 1.165) is 12.1 Å². The number of unbranched alkanes of at least 4 members (excludes halogenated alkanes) is 6. The van der Waals surface area contributed by atoms with Crippen molar-refractivity contribution in [3.8, 4) is 0 Å². The van der Waals surface area contributed by atoms with Crippen molar-refractivity contribution in [1.82, 2.24) is 5.32 Å². The number of hydrogen-bond acceptors (Lipinski definition) is 3. The summed E-state index contributed by atoms with van der Waals surface area (Å²) in [6.07, 6.45) is 11.0. The summed E-state index contributed by atoms with van der Waals surface area (Å²) in [7, 11) is 5.95. The second kappa shape index (κ2) is 14.3. The molecule has 0 heterocycles. The molecule has 0 aromatic heterocycles. The number of allylic oxidation sites excluding steroid dienone is 1. The van der Waals surface area contributed by atoms with Crippen LogP contribution in [0.5, 0.6) is 0 Å². The van der Waals surface area contributed by atoms with Crippen LogP contribution in [0.2, 0.25) is 0 Å². The van der Waals surface area contributed by atoms with Gasteiger partial charge in [0.1, 0.15) is 0 Å². The molecule has 0 spiro atoms. The third kappa shape index (κ3) is 14.2. The minimum Gasteiger partial charge on any atom is -0.392 e. The Morgan fingerprint density at radius 2 is 1.53 bits per heavy atom. The predicted octanol–water partition coefficient (Wildman–Crippen LogP) is 5.24. The van der Waals surface area contributed by atoms with E-state index in [1.54, 1.807) is 0 Å². The molecule has 0 amide bonds.